The van der Waals surface area contributed by atoms with Gasteiger partial charge in [-0.05, 0) is 19.3 Å². The summed E-state index contributed by atoms with van der Waals surface area (Å²) in [6.45, 7) is 1.39. The van der Waals surface area contributed by atoms with Crippen LogP contribution in [0.4, 0.5) is 0 Å². The van der Waals surface area contributed by atoms with Crippen molar-refractivity contribution in [1.29, 1.82) is 0 Å². The third-order valence-corrected chi connectivity index (χ3v) is 7.48. The lowest BCUT2D eigenvalue weighted by Crippen LogP contribution is -2.19. The van der Waals surface area contributed by atoms with E-state index >= 15 is 0 Å². The Kier molecular flexibility index (Phi) is 9.27. The molecule has 0 heterocycles. The van der Waals surface area contributed by atoms with Crippen molar-refractivity contribution in [1.82, 2.24) is 0 Å². The largest absolute Gasteiger partial charge is 0.414 e. The van der Waals surface area contributed by atoms with Gasteiger partial charge >= 0.3 is 10.4 Å². The number of hydrogen-bond acceptors (Lipinski definition) is 11. The average molecular weight is 433 g/mol. The molecule has 146 valence electrons. The Balaban J connectivity index is 4.28. The summed E-state index contributed by atoms with van der Waals surface area (Å²) in [7, 11) is -17.5. The highest BCUT2D eigenvalue weighted by molar-refractivity contribution is 7.99. The smallest absolute Gasteiger partial charge is 0.247 e. The monoisotopic (exact) mass is 432 g/mol. The molecule has 0 saturated heterocycles. The Morgan fingerprint density at radius 3 is 1.58 bits per heavy atom. The van der Waals surface area contributed by atoms with Gasteiger partial charge in [-0.2, -0.15) is 33.7 Å². The van der Waals surface area contributed by atoms with Crippen molar-refractivity contribution in [2.75, 3.05) is 24.4 Å². The molecule has 0 aromatic heterocycles. The average Bonchev–Trinajstić information content (AvgIpc) is 2.31. The van der Waals surface area contributed by atoms with Crippen molar-refractivity contribution in [2.24, 2.45) is 0 Å². The van der Waals surface area contributed by atoms with Crippen LogP contribution >= 0.6 is 0 Å². The molecule has 0 fully saturated rings. The first-order valence-electron chi connectivity index (χ1n) is 6.65. The van der Waals surface area contributed by atoms with Crippen LogP contribution < -0.4 is 0 Å². The van der Waals surface area contributed by atoms with E-state index in [1.165, 1.54) is 0 Å². The molecule has 0 radical (unpaired) electrons. The summed E-state index contributed by atoms with van der Waals surface area (Å²) in [6, 6.07) is 0. The number of unbranched alkanes of at least 4 members (excludes halogenated alkanes) is 2. The van der Waals surface area contributed by atoms with Crippen LogP contribution in [-0.4, -0.2) is 58.0 Å². The van der Waals surface area contributed by atoms with Gasteiger partial charge in [-0.1, -0.05) is 13.3 Å². The summed E-state index contributed by atoms with van der Waals surface area (Å²) in [5.41, 5.74) is 0. The molecular formula is C9H20O11S4. The molecule has 0 aliphatic rings. The fraction of sp³-hybridized carbons (Fsp3) is 1.00. The normalized spacial score (nSPS) is 13.9. The molecule has 0 atom stereocenters. The maximum absolute atomic E-state index is 11.5. The van der Waals surface area contributed by atoms with E-state index in [4.69, 9.17) is 0 Å². The van der Waals surface area contributed by atoms with Gasteiger partial charge in [0, 0.05) is 0 Å². The van der Waals surface area contributed by atoms with Gasteiger partial charge in [0.1, 0.15) is 0 Å². The Labute approximate surface area is 143 Å². The van der Waals surface area contributed by atoms with Crippen LogP contribution in [0.3, 0.4) is 0 Å². The standard InChI is InChI=1S/C9H20O11S4/c1-3-7-18-24(16,17)20-23(14,15)9-6-4-5-8-22(12,13)19-21(2,10)11/h3-9H2,1-2H3. The first kappa shape index (κ1) is 23.7. The zero-order valence-electron chi connectivity index (χ0n) is 13.1. The van der Waals surface area contributed by atoms with E-state index in [2.05, 4.69) is 11.4 Å². The zero-order chi connectivity index (χ0) is 19.1. The van der Waals surface area contributed by atoms with E-state index in [0.29, 0.717) is 12.7 Å². The minimum Gasteiger partial charge on any atom is -0.247 e. The fourth-order valence-electron chi connectivity index (χ4n) is 1.32. The molecule has 0 aliphatic heterocycles. The summed E-state index contributed by atoms with van der Waals surface area (Å²) < 4.78 is 101. The lowest BCUT2D eigenvalue weighted by Gasteiger charge is -2.06. The highest BCUT2D eigenvalue weighted by atomic mass is 32.3. The van der Waals surface area contributed by atoms with E-state index in [9.17, 15) is 33.7 Å². The van der Waals surface area contributed by atoms with E-state index in [0.717, 1.165) is 0 Å². The van der Waals surface area contributed by atoms with E-state index < -0.39 is 52.3 Å². The minimum atomic E-state index is -4.66. The fourth-order valence-corrected chi connectivity index (χ4v) is 6.03. The van der Waals surface area contributed by atoms with Gasteiger partial charge in [-0.25, -0.2) is 4.18 Å². The molecule has 0 unspecified atom stereocenters. The third kappa shape index (κ3) is 13.0. The quantitative estimate of drug-likeness (QED) is 0.344. The summed E-state index contributed by atoms with van der Waals surface area (Å²) in [5, 5.41) is 0. The summed E-state index contributed by atoms with van der Waals surface area (Å²) in [6.07, 6.45) is 0.805. The predicted molar refractivity (Wildman–Crippen MR) is 83.6 cm³/mol. The molecule has 0 aliphatic carbocycles. The maximum atomic E-state index is 11.5. The van der Waals surface area contributed by atoms with Gasteiger partial charge < -0.3 is 0 Å². The van der Waals surface area contributed by atoms with Gasteiger partial charge in [0.05, 0.1) is 24.4 Å². The summed E-state index contributed by atoms with van der Waals surface area (Å²) in [5.74, 6) is -1.30. The van der Waals surface area contributed by atoms with Gasteiger partial charge in [0.2, 0.25) is 0 Å². The van der Waals surface area contributed by atoms with Crippen molar-refractivity contribution >= 4 is 40.8 Å². The first-order chi connectivity index (χ1) is 10.7. The van der Waals surface area contributed by atoms with Gasteiger partial charge in [-0.3, -0.25) is 0 Å². The third-order valence-electron chi connectivity index (χ3n) is 2.13. The van der Waals surface area contributed by atoms with E-state index in [1.54, 1.807) is 6.92 Å². The van der Waals surface area contributed by atoms with Crippen LogP contribution in [0.1, 0.15) is 32.6 Å². The van der Waals surface area contributed by atoms with Crippen LogP contribution in [0, 0.1) is 0 Å². The zero-order valence-corrected chi connectivity index (χ0v) is 16.3. The van der Waals surface area contributed by atoms with Crippen molar-refractivity contribution in [3.8, 4) is 0 Å². The topological polar surface area (TPSA) is 164 Å². The van der Waals surface area contributed by atoms with Crippen LogP contribution in [0.15, 0.2) is 0 Å². The van der Waals surface area contributed by atoms with Gasteiger partial charge in [0.15, 0.2) is 0 Å². The van der Waals surface area contributed by atoms with Crippen LogP contribution in [-0.2, 0) is 52.2 Å². The molecule has 0 bridgehead atoms. The van der Waals surface area contributed by atoms with Crippen LogP contribution in [0.2, 0.25) is 0 Å². The van der Waals surface area contributed by atoms with E-state index in [-0.39, 0.29) is 25.9 Å². The molecule has 0 spiro atoms. The molecule has 0 amide bonds. The molecule has 0 aromatic rings. The number of hydrogen-bond donors (Lipinski definition) is 0. The Hall–Kier alpha value is -0.320. The molecule has 15 heteroatoms. The lowest BCUT2D eigenvalue weighted by atomic mass is 10.3. The SMILES string of the molecule is CCCOS(=O)(=O)OS(=O)(=O)CCCCCS(=O)(=O)OS(C)(=O)=O. The van der Waals surface area contributed by atoms with Gasteiger partial charge in [-0.15, -0.1) is 7.26 Å². The summed E-state index contributed by atoms with van der Waals surface area (Å²) >= 11 is 0. The lowest BCUT2D eigenvalue weighted by molar-refractivity contribution is 0.274. The molecule has 0 N–H and O–H groups in total. The first-order valence-corrected chi connectivity index (χ1v) is 13.0. The number of rotatable bonds is 13. The molecule has 0 aromatic carbocycles. The second-order valence-electron chi connectivity index (χ2n) is 4.65. The predicted octanol–water partition coefficient (Wildman–Crippen LogP) is -0.519. The second kappa shape index (κ2) is 9.40. The van der Waals surface area contributed by atoms with Crippen molar-refractivity contribution in [2.45, 2.75) is 32.6 Å². The highest BCUT2D eigenvalue weighted by Crippen LogP contribution is 2.09. The molecular weight excluding hydrogens is 412 g/mol. The molecule has 0 rings (SSSR count). The van der Waals surface area contributed by atoms with Crippen LogP contribution in [0.5, 0.6) is 0 Å². The maximum Gasteiger partial charge on any atom is 0.414 e. The Morgan fingerprint density at radius 2 is 1.17 bits per heavy atom. The minimum absolute atomic E-state index is 0.0603. The Bertz CT molecular complexity index is 790. The second-order valence-corrected chi connectivity index (χ2v) is 11.3. The van der Waals surface area contributed by atoms with E-state index in [1.807, 2.05) is 0 Å². The van der Waals surface area contributed by atoms with Gasteiger partial charge in [0.25, 0.3) is 30.4 Å². The van der Waals surface area contributed by atoms with Crippen molar-refractivity contribution in [3.63, 3.8) is 0 Å². The van der Waals surface area contributed by atoms with Crippen molar-refractivity contribution < 1.29 is 45.1 Å². The summed E-state index contributed by atoms with van der Waals surface area (Å²) in [4.78, 5) is 0. The highest BCUT2D eigenvalue weighted by Gasteiger charge is 2.23. The Morgan fingerprint density at radius 1 is 0.708 bits per heavy atom. The van der Waals surface area contributed by atoms with Crippen molar-refractivity contribution in [3.05, 3.63) is 0 Å². The molecule has 0 saturated carbocycles. The molecule has 11 nitrogen and oxygen atoms in total. The molecule has 24 heavy (non-hydrogen) atoms. The van der Waals surface area contributed by atoms with Crippen LogP contribution in [0.25, 0.3) is 0 Å².